The molecular weight excluding hydrogens is 288 g/mol. The summed E-state index contributed by atoms with van der Waals surface area (Å²) in [4.78, 5) is 25.0. The summed E-state index contributed by atoms with van der Waals surface area (Å²) in [7, 11) is 0. The van der Waals surface area contributed by atoms with Gasteiger partial charge in [-0.25, -0.2) is 0 Å². The number of fused-ring (bicyclic) bond motifs is 1. The van der Waals surface area contributed by atoms with Crippen LogP contribution in [0.1, 0.15) is 51.1 Å². The molecule has 23 heavy (non-hydrogen) atoms. The normalized spacial score (nSPS) is 13.6. The van der Waals surface area contributed by atoms with Crippen molar-refractivity contribution >= 4 is 5.78 Å². The van der Waals surface area contributed by atoms with Crippen LogP contribution >= 0.6 is 0 Å². The summed E-state index contributed by atoms with van der Waals surface area (Å²) in [6.07, 6.45) is 1.89. The molecule has 0 atom stereocenters. The Balaban J connectivity index is 2.45. The van der Waals surface area contributed by atoms with Gasteiger partial charge in [0.05, 0.1) is 5.69 Å². The van der Waals surface area contributed by atoms with Gasteiger partial charge in [-0.2, -0.15) is 5.26 Å². The van der Waals surface area contributed by atoms with E-state index in [0.29, 0.717) is 18.4 Å². The van der Waals surface area contributed by atoms with Crippen LogP contribution in [0.4, 0.5) is 0 Å². The van der Waals surface area contributed by atoms with Gasteiger partial charge in [0.25, 0.3) is 5.56 Å². The zero-order chi connectivity index (χ0) is 16.7. The van der Waals surface area contributed by atoms with Crippen LogP contribution in [-0.2, 0) is 6.42 Å². The third-order valence-corrected chi connectivity index (χ3v) is 4.40. The van der Waals surface area contributed by atoms with Crippen LogP contribution in [0.3, 0.4) is 0 Å². The minimum absolute atomic E-state index is 0.0129. The number of rotatable bonds is 1. The lowest BCUT2D eigenvalue weighted by Crippen LogP contribution is -2.30. The van der Waals surface area contributed by atoms with E-state index in [9.17, 15) is 14.9 Å². The first-order valence-electron chi connectivity index (χ1n) is 7.74. The predicted octanol–water partition coefficient (Wildman–Crippen LogP) is 3.15. The molecule has 0 saturated heterocycles. The van der Waals surface area contributed by atoms with E-state index in [1.54, 1.807) is 4.57 Å². The summed E-state index contributed by atoms with van der Waals surface area (Å²) < 4.78 is 1.59. The second-order valence-corrected chi connectivity index (χ2v) is 6.19. The second-order valence-electron chi connectivity index (χ2n) is 6.19. The molecule has 0 spiro atoms. The van der Waals surface area contributed by atoms with Gasteiger partial charge >= 0.3 is 0 Å². The van der Waals surface area contributed by atoms with Crippen molar-refractivity contribution < 1.29 is 4.79 Å². The summed E-state index contributed by atoms with van der Waals surface area (Å²) in [5, 5.41) is 9.29. The van der Waals surface area contributed by atoms with Crippen LogP contribution in [0.2, 0.25) is 0 Å². The van der Waals surface area contributed by atoms with Crippen molar-refractivity contribution in [3.05, 3.63) is 62.1 Å². The molecule has 4 nitrogen and oxygen atoms in total. The monoisotopic (exact) mass is 306 g/mol. The molecule has 0 radical (unpaired) electrons. The summed E-state index contributed by atoms with van der Waals surface area (Å²) in [5.41, 5.74) is 4.81. The number of aromatic nitrogens is 1. The van der Waals surface area contributed by atoms with Crippen molar-refractivity contribution in [1.82, 2.24) is 4.57 Å². The van der Waals surface area contributed by atoms with Crippen molar-refractivity contribution in [1.29, 1.82) is 5.26 Å². The number of nitriles is 1. The quantitative estimate of drug-likeness (QED) is 0.813. The second kappa shape index (κ2) is 5.51. The third-order valence-electron chi connectivity index (χ3n) is 4.40. The number of hydrogen-bond acceptors (Lipinski definition) is 3. The summed E-state index contributed by atoms with van der Waals surface area (Å²) in [5.74, 6) is 0.0129. The maximum absolute atomic E-state index is 12.8. The number of carbonyl (C=O) groups excluding carboxylic acids is 1. The van der Waals surface area contributed by atoms with Crippen LogP contribution < -0.4 is 5.56 Å². The molecular formula is C19H18N2O2. The van der Waals surface area contributed by atoms with Crippen molar-refractivity contribution in [3.63, 3.8) is 0 Å². The number of hydrogen-bond donors (Lipinski definition) is 0. The Bertz CT molecular complexity index is 907. The fourth-order valence-electron chi connectivity index (χ4n) is 3.53. The molecule has 4 heteroatoms. The topological polar surface area (TPSA) is 62.9 Å². The molecule has 0 bridgehead atoms. The molecule has 2 aromatic rings. The molecule has 1 heterocycles. The fraction of sp³-hybridized carbons (Fsp3) is 0.316. The molecule has 0 unspecified atom stereocenters. The van der Waals surface area contributed by atoms with E-state index in [0.717, 1.165) is 34.5 Å². The number of ketones is 1. The Hall–Kier alpha value is -2.67. The highest BCUT2D eigenvalue weighted by Crippen LogP contribution is 2.27. The largest absolute Gasteiger partial charge is 0.294 e. The van der Waals surface area contributed by atoms with E-state index in [1.807, 2.05) is 39.0 Å². The van der Waals surface area contributed by atoms with E-state index >= 15 is 0 Å². The van der Waals surface area contributed by atoms with Crippen LogP contribution in [0.25, 0.3) is 5.69 Å². The molecule has 1 aromatic heterocycles. The number of carbonyl (C=O) groups is 1. The molecule has 1 aliphatic carbocycles. The van der Waals surface area contributed by atoms with E-state index in [4.69, 9.17) is 0 Å². The molecule has 1 aliphatic rings. The molecule has 0 fully saturated rings. The number of benzene rings is 1. The van der Waals surface area contributed by atoms with E-state index in [-0.39, 0.29) is 16.9 Å². The zero-order valence-corrected chi connectivity index (χ0v) is 13.6. The lowest BCUT2D eigenvalue weighted by Gasteiger charge is -2.23. The Morgan fingerprint density at radius 3 is 2.30 bits per heavy atom. The van der Waals surface area contributed by atoms with Crippen LogP contribution in [0.5, 0.6) is 0 Å². The van der Waals surface area contributed by atoms with Crippen molar-refractivity contribution in [3.8, 4) is 11.8 Å². The smallest absolute Gasteiger partial charge is 0.273 e. The fourth-order valence-corrected chi connectivity index (χ4v) is 3.53. The zero-order valence-electron chi connectivity index (χ0n) is 13.6. The summed E-state index contributed by atoms with van der Waals surface area (Å²) in [6.45, 7) is 5.92. The van der Waals surface area contributed by atoms with Gasteiger partial charge in [-0.3, -0.25) is 14.2 Å². The molecule has 116 valence electrons. The summed E-state index contributed by atoms with van der Waals surface area (Å²) in [6, 6.07) is 7.45. The molecule has 0 aliphatic heterocycles. The molecule has 0 saturated carbocycles. The van der Waals surface area contributed by atoms with Gasteiger partial charge in [-0.05, 0) is 50.8 Å². The number of Topliss-reactive ketones (excluding diaryl/α,β-unsaturated/α-hetero) is 1. The van der Waals surface area contributed by atoms with Crippen molar-refractivity contribution in [2.45, 2.75) is 40.0 Å². The lowest BCUT2D eigenvalue weighted by atomic mass is 9.92. The van der Waals surface area contributed by atoms with Gasteiger partial charge in [0.1, 0.15) is 11.6 Å². The van der Waals surface area contributed by atoms with Crippen LogP contribution in [0.15, 0.2) is 23.0 Å². The maximum atomic E-state index is 12.8. The number of pyridine rings is 1. The minimum atomic E-state index is -0.337. The third kappa shape index (κ3) is 2.39. The van der Waals surface area contributed by atoms with Crippen LogP contribution in [-0.4, -0.2) is 10.4 Å². The highest BCUT2D eigenvalue weighted by Gasteiger charge is 2.25. The first-order valence-corrected chi connectivity index (χ1v) is 7.74. The van der Waals surface area contributed by atoms with Gasteiger partial charge in [0, 0.05) is 17.7 Å². The predicted molar refractivity (Wildman–Crippen MR) is 88.2 cm³/mol. The van der Waals surface area contributed by atoms with Crippen molar-refractivity contribution in [2.75, 3.05) is 0 Å². The van der Waals surface area contributed by atoms with Crippen LogP contribution in [0, 0.1) is 32.1 Å². The Labute approximate surface area is 135 Å². The molecule has 0 N–H and O–H groups in total. The molecule has 1 aromatic carbocycles. The molecule has 3 rings (SSSR count). The average Bonchev–Trinajstić information content (AvgIpc) is 2.48. The van der Waals surface area contributed by atoms with Gasteiger partial charge in [0.2, 0.25) is 0 Å². The number of aryl methyl sites for hydroxylation is 3. The Morgan fingerprint density at radius 1 is 1.04 bits per heavy atom. The van der Waals surface area contributed by atoms with Gasteiger partial charge in [0.15, 0.2) is 5.78 Å². The number of nitrogens with zero attached hydrogens (tertiary/aromatic N) is 2. The van der Waals surface area contributed by atoms with Gasteiger partial charge in [-0.15, -0.1) is 0 Å². The van der Waals surface area contributed by atoms with E-state index in [2.05, 4.69) is 0 Å². The highest BCUT2D eigenvalue weighted by molar-refractivity contribution is 5.98. The first kappa shape index (κ1) is 15.2. The Kier molecular flexibility index (Phi) is 3.65. The van der Waals surface area contributed by atoms with Crippen molar-refractivity contribution in [2.24, 2.45) is 0 Å². The Morgan fingerprint density at radius 2 is 1.70 bits per heavy atom. The SMILES string of the molecule is Cc1cc(C)c(-n2c3c(cc(C#N)c2=O)C(=O)CCC3)c(C)c1. The van der Waals surface area contributed by atoms with E-state index in [1.165, 1.54) is 6.07 Å². The molecule has 0 amide bonds. The summed E-state index contributed by atoms with van der Waals surface area (Å²) >= 11 is 0. The highest BCUT2D eigenvalue weighted by atomic mass is 16.1. The maximum Gasteiger partial charge on any atom is 0.273 e. The van der Waals surface area contributed by atoms with E-state index < -0.39 is 0 Å². The van der Waals surface area contributed by atoms with Gasteiger partial charge < -0.3 is 0 Å². The lowest BCUT2D eigenvalue weighted by molar-refractivity contribution is 0.0971. The van der Waals surface area contributed by atoms with Gasteiger partial charge in [-0.1, -0.05) is 17.7 Å². The minimum Gasteiger partial charge on any atom is -0.294 e. The first-order chi connectivity index (χ1) is 10.9. The standard InChI is InChI=1S/C19H18N2O2/c1-11-7-12(2)18(13(3)8-11)21-16-5-4-6-17(22)15(16)9-14(10-20)19(21)23/h7-9H,4-6H2,1-3H3. The average molecular weight is 306 g/mol.